The second-order valence-electron chi connectivity index (χ2n) is 6.07. The van der Waals surface area contributed by atoms with Gasteiger partial charge in [-0.3, -0.25) is 4.79 Å². The van der Waals surface area contributed by atoms with E-state index in [4.69, 9.17) is 4.74 Å². The Morgan fingerprint density at radius 1 is 1.12 bits per heavy atom. The number of carbonyl (C=O) groups is 1. The summed E-state index contributed by atoms with van der Waals surface area (Å²) in [5, 5.41) is 6.13. The number of fused-ring (bicyclic) bond motifs is 1. The normalized spacial score (nSPS) is 14.7. The molecular formula is C21H19N3O2. The Labute approximate surface area is 151 Å². The molecule has 130 valence electrons. The van der Waals surface area contributed by atoms with Crippen LogP contribution in [-0.2, 0) is 11.3 Å². The Morgan fingerprint density at radius 3 is 2.69 bits per heavy atom. The maximum Gasteiger partial charge on any atom is 0.253 e. The molecule has 0 bridgehead atoms. The molecule has 1 aliphatic heterocycles. The number of hydrogen-bond acceptors (Lipinski definition) is 3. The van der Waals surface area contributed by atoms with Crippen LogP contribution in [0.25, 0.3) is 16.8 Å². The first-order chi connectivity index (χ1) is 12.7. The van der Waals surface area contributed by atoms with Crippen LogP contribution in [0.15, 0.2) is 67.0 Å². The zero-order chi connectivity index (χ0) is 17.9. The van der Waals surface area contributed by atoms with Gasteiger partial charge in [0.1, 0.15) is 5.75 Å². The summed E-state index contributed by atoms with van der Waals surface area (Å²) in [7, 11) is 1.63. The van der Waals surface area contributed by atoms with E-state index >= 15 is 0 Å². The highest BCUT2D eigenvalue weighted by molar-refractivity contribution is 6.21. The van der Waals surface area contributed by atoms with Crippen LogP contribution in [0.5, 0.6) is 5.75 Å². The van der Waals surface area contributed by atoms with E-state index in [2.05, 4.69) is 21.7 Å². The number of aromatic nitrogens is 1. The number of rotatable bonds is 4. The van der Waals surface area contributed by atoms with Crippen molar-refractivity contribution in [2.24, 2.45) is 0 Å². The molecule has 0 radical (unpaired) electrons. The van der Waals surface area contributed by atoms with Crippen LogP contribution >= 0.6 is 0 Å². The molecular weight excluding hydrogens is 326 g/mol. The Bertz CT molecular complexity index is 957. The molecule has 3 aromatic rings. The first-order valence-corrected chi connectivity index (χ1v) is 8.40. The van der Waals surface area contributed by atoms with E-state index in [-0.39, 0.29) is 5.91 Å². The van der Waals surface area contributed by atoms with Crippen LogP contribution in [0.1, 0.15) is 11.1 Å². The molecule has 5 nitrogen and oxygen atoms in total. The number of benzene rings is 2. The summed E-state index contributed by atoms with van der Waals surface area (Å²) in [4.78, 5) is 15.6. The molecule has 0 unspecified atom stereocenters. The van der Waals surface area contributed by atoms with Crippen molar-refractivity contribution < 1.29 is 9.53 Å². The summed E-state index contributed by atoms with van der Waals surface area (Å²) in [6, 6.07) is 17.7. The zero-order valence-corrected chi connectivity index (χ0v) is 14.4. The highest BCUT2D eigenvalue weighted by Gasteiger charge is 2.21. The van der Waals surface area contributed by atoms with Crippen LogP contribution in [0.3, 0.4) is 0 Å². The molecule has 0 saturated carbocycles. The Morgan fingerprint density at radius 2 is 1.96 bits per heavy atom. The van der Waals surface area contributed by atoms with E-state index < -0.39 is 0 Å². The fourth-order valence-corrected chi connectivity index (χ4v) is 3.06. The van der Waals surface area contributed by atoms with Crippen LogP contribution < -0.4 is 15.4 Å². The number of carbonyl (C=O) groups excluding carboxylic acids is 1. The Balaban J connectivity index is 1.63. The molecule has 0 fully saturated rings. The molecule has 1 aromatic heterocycles. The summed E-state index contributed by atoms with van der Waals surface area (Å²) in [6.07, 6.45) is 3.66. The zero-order valence-electron chi connectivity index (χ0n) is 14.4. The van der Waals surface area contributed by atoms with E-state index in [9.17, 15) is 4.79 Å². The summed E-state index contributed by atoms with van der Waals surface area (Å²) in [6.45, 7) is 0.530. The quantitative estimate of drug-likeness (QED) is 0.631. The van der Waals surface area contributed by atoms with Crippen molar-refractivity contribution in [3.63, 3.8) is 0 Å². The first kappa shape index (κ1) is 16.0. The summed E-state index contributed by atoms with van der Waals surface area (Å²) in [5.41, 5.74) is 5.73. The van der Waals surface area contributed by atoms with Crippen LogP contribution in [0, 0.1) is 0 Å². The Hall–Kier alpha value is -3.47. The lowest BCUT2D eigenvalue weighted by atomic mass is 9.93. The monoisotopic (exact) mass is 345 g/mol. The van der Waals surface area contributed by atoms with Crippen molar-refractivity contribution in [3.8, 4) is 17.0 Å². The summed E-state index contributed by atoms with van der Waals surface area (Å²) >= 11 is 0. The fraction of sp³-hybridized carbons (Fsp3) is 0.0952. The van der Waals surface area contributed by atoms with E-state index in [0.29, 0.717) is 12.1 Å². The third kappa shape index (κ3) is 3.07. The van der Waals surface area contributed by atoms with Gasteiger partial charge in [-0.2, -0.15) is 0 Å². The van der Waals surface area contributed by atoms with Crippen molar-refractivity contribution >= 4 is 17.2 Å². The number of hydrogen-bond donors (Lipinski definition) is 3. The predicted molar refractivity (Wildman–Crippen MR) is 103 cm³/mol. The number of methoxy groups -OCH3 is 1. The van der Waals surface area contributed by atoms with Crippen molar-refractivity contribution in [1.29, 1.82) is 0 Å². The van der Waals surface area contributed by atoms with Crippen molar-refractivity contribution in [3.05, 3.63) is 78.1 Å². The molecule has 26 heavy (non-hydrogen) atoms. The minimum Gasteiger partial charge on any atom is -0.497 e. The van der Waals surface area contributed by atoms with Crippen molar-refractivity contribution in [2.75, 3.05) is 12.4 Å². The van der Waals surface area contributed by atoms with Gasteiger partial charge in [-0.1, -0.05) is 12.1 Å². The standard InChI is InChI=1S/C21H19N3O2/c1-26-17-7-5-16(6-8-17)23-13-19-18-9-4-14(20-3-2-10-22-20)11-15(18)12-24-21(19)25/h2-11,13,22-23H,12H2,1H3,(H,24,25). The SMILES string of the molecule is COc1ccc(NC=C2C(=O)NCc3cc(-c4ccc[nH]4)ccc32)cc1. The molecule has 4 rings (SSSR count). The van der Waals surface area contributed by atoms with Crippen LogP contribution in [0.4, 0.5) is 5.69 Å². The molecule has 0 spiro atoms. The van der Waals surface area contributed by atoms with Crippen LogP contribution in [0.2, 0.25) is 0 Å². The molecule has 2 heterocycles. The molecule has 3 N–H and O–H groups in total. The maximum atomic E-state index is 12.3. The molecule has 5 heteroatoms. The smallest absolute Gasteiger partial charge is 0.253 e. The second kappa shape index (κ2) is 6.80. The van der Waals surface area contributed by atoms with Gasteiger partial charge < -0.3 is 20.4 Å². The third-order valence-corrected chi connectivity index (χ3v) is 4.46. The molecule has 1 aliphatic rings. The van der Waals surface area contributed by atoms with Gasteiger partial charge in [0, 0.05) is 30.3 Å². The van der Waals surface area contributed by atoms with E-state index in [1.54, 1.807) is 13.3 Å². The van der Waals surface area contributed by atoms with Gasteiger partial charge in [-0.05, 0) is 59.2 Å². The van der Waals surface area contributed by atoms with Gasteiger partial charge in [0.05, 0.1) is 12.7 Å². The molecule has 0 atom stereocenters. The first-order valence-electron chi connectivity index (χ1n) is 8.40. The van der Waals surface area contributed by atoms with Gasteiger partial charge in [0.25, 0.3) is 5.91 Å². The average molecular weight is 345 g/mol. The second-order valence-corrected chi connectivity index (χ2v) is 6.07. The van der Waals surface area contributed by atoms with Gasteiger partial charge >= 0.3 is 0 Å². The average Bonchev–Trinajstić information content (AvgIpc) is 3.22. The van der Waals surface area contributed by atoms with E-state index in [1.807, 2.05) is 54.7 Å². The predicted octanol–water partition coefficient (Wildman–Crippen LogP) is 3.77. The van der Waals surface area contributed by atoms with Gasteiger partial charge in [0.15, 0.2) is 0 Å². The van der Waals surface area contributed by atoms with Gasteiger partial charge in [0.2, 0.25) is 0 Å². The van der Waals surface area contributed by atoms with Crippen molar-refractivity contribution in [1.82, 2.24) is 10.3 Å². The molecule has 2 aromatic carbocycles. The summed E-state index contributed by atoms with van der Waals surface area (Å²) < 4.78 is 5.16. The molecule has 1 amide bonds. The highest BCUT2D eigenvalue weighted by atomic mass is 16.5. The largest absolute Gasteiger partial charge is 0.497 e. The lowest BCUT2D eigenvalue weighted by Gasteiger charge is -2.20. The third-order valence-electron chi connectivity index (χ3n) is 4.46. The molecule has 0 aliphatic carbocycles. The minimum atomic E-state index is -0.0777. The maximum absolute atomic E-state index is 12.3. The van der Waals surface area contributed by atoms with Crippen molar-refractivity contribution in [2.45, 2.75) is 6.54 Å². The fourth-order valence-electron chi connectivity index (χ4n) is 3.06. The lowest BCUT2D eigenvalue weighted by molar-refractivity contribution is -0.116. The number of H-pyrrole nitrogens is 1. The molecule has 0 saturated heterocycles. The topological polar surface area (TPSA) is 66.2 Å². The van der Waals surface area contributed by atoms with E-state index in [1.165, 1.54) is 0 Å². The Kier molecular flexibility index (Phi) is 4.19. The summed E-state index contributed by atoms with van der Waals surface area (Å²) in [5.74, 6) is 0.715. The number of ether oxygens (including phenoxy) is 1. The highest BCUT2D eigenvalue weighted by Crippen LogP contribution is 2.28. The minimum absolute atomic E-state index is 0.0777. The number of amides is 1. The van der Waals surface area contributed by atoms with E-state index in [0.717, 1.165) is 33.8 Å². The van der Waals surface area contributed by atoms with Gasteiger partial charge in [-0.15, -0.1) is 0 Å². The number of nitrogens with one attached hydrogen (secondary N) is 3. The van der Waals surface area contributed by atoms with Crippen LogP contribution in [-0.4, -0.2) is 18.0 Å². The number of anilines is 1. The van der Waals surface area contributed by atoms with Gasteiger partial charge in [-0.25, -0.2) is 0 Å². The number of aromatic amines is 1. The lowest BCUT2D eigenvalue weighted by Crippen LogP contribution is -2.29.